The van der Waals surface area contributed by atoms with Crippen LogP contribution in [0.15, 0.2) is 6.20 Å². The van der Waals surface area contributed by atoms with Gasteiger partial charge in [-0.2, -0.15) is 5.10 Å². The molecule has 0 fully saturated rings. The van der Waals surface area contributed by atoms with E-state index in [1.54, 1.807) is 17.8 Å². The van der Waals surface area contributed by atoms with Crippen molar-refractivity contribution in [3.63, 3.8) is 0 Å². The van der Waals surface area contributed by atoms with Crippen LogP contribution in [0.1, 0.15) is 38.4 Å². The SMILES string of the molecule is CC(C)c1c(Cl)cnn1C(C)CF. The van der Waals surface area contributed by atoms with Crippen LogP contribution in [0.5, 0.6) is 0 Å². The third-order valence-electron chi connectivity index (χ3n) is 1.97. The molecule has 0 radical (unpaired) electrons. The lowest BCUT2D eigenvalue weighted by molar-refractivity contribution is 0.346. The van der Waals surface area contributed by atoms with Gasteiger partial charge in [0, 0.05) is 0 Å². The zero-order chi connectivity index (χ0) is 10.0. The van der Waals surface area contributed by atoms with E-state index in [1.807, 2.05) is 13.8 Å². The zero-order valence-electron chi connectivity index (χ0n) is 8.09. The van der Waals surface area contributed by atoms with Crippen LogP contribution in [-0.4, -0.2) is 16.5 Å². The van der Waals surface area contributed by atoms with Crippen LogP contribution >= 0.6 is 11.6 Å². The molecule has 0 spiro atoms. The topological polar surface area (TPSA) is 17.8 Å². The maximum absolute atomic E-state index is 12.4. The molecule has 1 aromatic heterocycles. The summed E-state index contributed by atoms with van der Waals surface area (Å²) in [4.78, 5) is 0. The maximum atomic E-state index is 12.4. The van der Waals surface area contributed by atoms with Crippen molar-refractivity contribution < 1.29 is 4.39 Å². The quantitative estimate of drug-likeness (QED) is 0.740. The van der Waals surface area contributed by atoms with Crippen LogP contribution in [0, 0.1) is 0 Å². The fraction of sp³-hybridized carbons (Fsp3) is 0.667. The van der Waals surface area contributed by atoms with Crippen LogP contribution in [0.3, 0.4) is 0 Å². The Bertz CT molecular complexity index is 283. The lowest BCUT2D eigenvalue weighted by Crippen LogP contribution is -2.13. The van der Waals surface area contributed by atoms with Gasteiger partial charge in [0.25, 0.3) is 0 Å². The molecule has 1 unspecified atom stereocenters. The predicted molar refractivity (Wildman–Crippen MR) is 52.0 cm³/mol. The van der Waals surface area contributed by atoms with E-state index >= 15 is 0 Å². The zero-order valence-corrected chi connectivity index (χ0v) is 8.85. The monoisotopic (exact) mass is 204 g/mol. The summed E-state index contributed by atoms with van der Waals surface area (Å²) in [5.41, 5.74) is 0.909. The van der Waals surface area contributed by atoms with E-state index in [4.69, 9.17) is 11.6 Å². The van der Waals surface area contributed by atoms with Gasteiger partial charge in [-0.25, -0.2) is 4.39 Å². The van der Waals surface area contributed by atoms with E-state index in [9.17, 15) is 4.39 Å². The average Bonchev–Trinajstić information content (AvgIpc) is 2.45. The number of nitrogens with zero attached hydrogens (tertiary/aromatic N) is 2. The molecule has 0 aliphatic rings. The second-order valence-electron chi connectivity index (χ2n) is 3.48. The lowest BCUT2D eigenvalue weighted by Gasteiger charge is -2.14. The van der Waals surface area contributed by atoms with Crippen LogP contribution in [0.25, 0.3) is 0 Å². The molecule has 1 heterocycles. The summed E-state index contributed by atoms with van der Waals surface area (Å²) in [5.74, 6) is 0.268. The van der Waals surface area contributed by atoms with Crippen LogP contribution in [0.2, 0.25) is 5.02 Å². The Morgan fingerprint density at radius 1 is 1.54 bits per heavy atom. The Labute approximate surface area is 82.7 Å². The molecular formula is C9H14ClFN2. The van der Waals surface area contributed by atoms with Gasteiger partial charge in [-0.3, -0.25) is 4.68 Å². The molecule has 0 aliphatic heterocycles. The molecule has 0 bridgehead atoms. The normalized spacial score (nSPS) is 13.7. The molecule has 0 aliphatic carbocycles. The Balaban J connectivity index is 3.07. The molecule has 4 heteroatoms. The molecule has 1 rings (SSSR count). The third-order valence-corrected chi connectivity index (χ3v) is 2.27. The van der Waals surface area contributed by atoms with Gasteiger partial charge in [0.1, 0.15) is 6.67 Å². The maximum Gasteiger partial charge on any atom is 0.112 e. The third kappa shape index (κ3) is 2.02. The molecule has 1 atom stereocenters. The van der Waals surface area contributed by atoms with E-state index < -0.39 is 6.67 Å². The highest BCUT2D eigenvalue weighted by Gasteiger charge is 2.16. The molecule has 2 nitrogen and oxygen atoms in total. The average molecular weight is 205 g/mol. The molecule has 1 aromatic rings. The minimum absolute atomic E-state index is 0.232. The van der Waals surface area contributed by atoms with Gasteiger partial charge in [0.15, 0.2) is 0 Å². The van der Waals surface area contributed by atoms with Gasteiger partial charge in [-0.15, -0.1) is 0 Å². The summed E-state index contributed by atoms with van der Waals surface area (Å²) in [7, 11) is 0. The molecule has 0 saturated heterocycles. The molecule has 13 heavy (non-hydrogen) atoms. The molecule has 0 aromatic carbocycles. The number of hydrogen-bond donors (Lipinski definition) is 0. The summed E-state index contributed by atoms with van der Waals surface area (Å²) in [6.07, 6.45) is 1.57. The first-order valence-corrected chi connectivity index (χ1v) is 4.74. The van der Waals surface area contributed by atoms with Crippen molar-refractivity contribution in [3.05, 3.63) is 16.9 Å². The Hall–Kier alpha value is -0.570. The second-order valence-corrected chi connectivity index (χ2v) is 3.89. The van der Waals surface area contributed by atoms with Gasteiger partial charge in [0.2, 0.25) is 0 Å². The van der Waals surface area contributed by atoms with E-state index in [2.05, 4.69) is 5.10 Å². The number of aromatic nitrogens is 2. The van der Waals surface area contributed by atoms with Crippen molar-refractivity contribution in [2.24, 2.45) is 0 Å². The van der Waals surface area contributed by atoms with E-state index in [0.717, 1.165) is 5.69 Å². The lowest BCUT2D eigenvalue weighted by atomic mass is 10.1. The summed E-state index contributed by atoms with van der Waals surface area (Å²) in [6.45, 7) is 5.40. The van der Waals surface area contributed by atoms with Crippen LogP contribution < -0.4 is 0 Å². The van der Waals surface area contributed by atoms with E-state index in [-0.39, 0.29) is 12.0 Å². The molecule has 0 saturated carbocycles. The summed E-state index contributed by atoms with van der Waals surface area (Å²) in [5, 5.41) is 4.67. The molecule has 74 valence electrons. The van der Waals surface area contributed by atoms with Gasteiger partial charge in [-0.1, -0.05) is 25.4 Å². The van der Waals surface area contributed by atoms with Crippen molar-refractivity contribution in [1.82, 2.24) is 9.78 Å². The van der Waals surface area contributed by atoms with Crippen LogP contribution in [0.4, 0.5) is 4.39 Å². The highest BCUT2D eigenvalue weighted by Crippen LogP contribution is 2.26. The fourth-order valence-corrected chi connectivity index (χ4v) is 1.66. The summed E-state index contributed by atoms with van der Waals surface area (Å²) >= 11 is 5.94. The first-order chi connectivity index (χ1) is 6.07. The van der Waals surface area contributed by atoms with Gasteiger partial charge in [0.05, 0.1) is 23.0 Å². The molecule has 0 N–H and O–H groups in total. The first kappa shape index (κ1) is 10.5. The number of rotatable bonds is 3. The molecule has 0 amide bonds. The van der Waals surface area contributed by atoms with Crippen molar-refractivity contribution in [3.8, 4) is 0 Å². The van der Waals surface area contributed by atoms with Crippen molar-refractivity contribution >= 4 is 11.6 Å². The minimum atomic E-state index is -0.419. The number of alkyl halides is 1. The van der Waals surface area contributed by atoms with Gasteiger partial charge < -0.3 is 0 Å². The highest BCUT2D eigenvalue weighted by molar-refractivity contribution is 6.31. The minimum Gasteiger partial charge on any atom is -0.262 e. The number of hydrogen-bond acceptors (Lipinski definition) is 1. The van der Waals surface area contributed by atoms with Gasteiger partial charge in [-0.05, 0) is 12.8 Å². The summed E-state index contributed by atoms with van der Waals surface area (Å²) in [6, 6.07) is -0.232. The van der Waals surface area contributed by atoms with Crippen molar-refractivity contribution in [2.45, 2.75) is 32.7 Å². The first-order valence-electron chi connectivity index (χ1n) is 4.36. The largest absolute Gasteiger partial charge is 0.262 e. The highest BCUT2D eigenvalue weighted by atomic mass is 35.5. The smallest absolute Gasteiger partial charge is 0.112 e. The Morgan fingerprint density at radius 3 is 2.62 bits per heavy atom. The Kier molecular flexibility index (Phi) is 3.31. The predicted octanol–water partition coefficient (Wildman–Crippen LogP) is 3.19. The van der Waals surface area contributed by atoms with E-state index in [0.29, 0.717) is 5.02 Å². The second kappa shape index (κ2) is 4.09. The van der Waals surface area contributed by atoms with Crippen LogP contribution in [-0.2, 0) is 0 Å². The van der Waals surface area contributed by atoms with Crippen molar-refractivity contribution in [2.75, 3.05) is 6.67 Å². The van der Waals surface area contributed by atoms with Crippen molar-refractivity contribution in [1.29, 1.82) is 0 Å². The standard InChI is InChI=1S/C9H14ClFN2/c1-6(2)9-8(10)5-12-13(9)7(3)4-11/h5-7H,4H2,1-3H3. The van der Waals surface area contributed by atoms with Gasteiger partial charge >= 0.3 is 0 Å². The van der Waals surface area contributed by atoms with E-state index in [1.165, 1.54) is 0 Å². The molecular weight excluding hydrogens is 191 g/mol. The summed E-state index contributed by atoms with van der Waals surface area (Å²) < 4.78 is 14.1. The fourth-order valence-electron chi connectivity index (χ4n) is 1.31. The Morgan fingerprint density at radius 2 is 2.15 bits per heavy atom. The number of halogens is 2.